The molecular formula is C10H11N3O2. The van der Waals surface area contributed by atoms with E-state index in [1.165, 1.54) is 0 Å². The fourth-order valence-electron chi connectivity index (χ4n) is 1.61. The molecule has 0 saturated carbocycles. The van der Waals surface area contributed by atoms with E-state index in [1.54, 1.807) is 10.7 Å². The highest BCUT2D eigenvalue weighted by molar-refractivity contribution is 5.67. The number of hydrogen-bond acceptors (Lipinski definition) is 3. The van der Waals surface area contributed by atoms with Crippen molar-refractivity contribution in [3.8, 4) is 0 Å². The molecule has 5 nitrogen and oxygen atoms in total. The van der Waals surface area contributed by atoms with Gasteiger partial charge >= 0.3 is 5.97 Å². The maximum absolute atomic E-state index is 10.6. The van der Waals surface area contributed by atoms with Crippen LogP contribution in [0.15, 0.2) is 24.4 Å². The maximum Gasteiger partial charge on any atom is 0.304 e. The van der Waals surface area contributed by atoms with Gasteiger partial charge in [-0.3, -0.25) is 4.79 Å². The number of hydrogen-bond donors (Lipinski definition) is 1. The zero-order chi connectivity index (χ0) is 10.8. The molecule has 78 valence electrons. The Hall–Kier alpha value is -1.91. The lowest BCUT2D eigenvalue weighted by Gasteiger charge is -2.09. The quantitative estimate of drug-likeness (QED) is 0.820. The Labute approximate surface area is 86.3 Å². The van der Waals surface area contributed by atoms with Crippen LogP contribution in [0.25, 0.3) is 5.52 Å². The molecule has 1 unspecified atom stereocenters. The molecule has 0 aliphatic carbocycles. The van der Waals surface area contributed by atoms with Crippen molar-refractivity contribution in [2.75, 3.05) is 0 Å². The predicted octanol–water partition coefficient (Wildman–Crippen LogP) is 1.31. The number of fused-ring (bicyclic) bond motifs is 1. The standard InChI is InChI=1S/C10H11N3O2/c1-7(5-10(14)15)9-4-2-3-8-6-11-12-13(8)9/h2-4,6-7H,5H2,1H3,(H,14,15). The first-order valence-electron chi connectivity index (χ1n) is 4.69. The van der Waals surface area contributed by atoms with Crippen molar-refractivity contribution in [3.05, 3.63) is 30.1 Å². The van der Waals surface area contributed by atoms with Crippen molar-refractivity contribution < 1.29 is 9.90 Å². The molecular weight excluding hydrogens is 194 g/mol. The van der Waals surface area contributed by atoms with Crippen molar-refractivity contribution in [1.82, 2.24) is 14.8 Å². The number of carboxylic acids is 1. The van der Waals surface area contributed by atoms with Crippen LogP contribution in [0.4, 0.5) is 0 Å². The summed E-state index contributed by atoms with van der Waals surface area (Å²) in [5, 5.41) is 16.4. The van der Waals surface area contributed by atoms with Gasteiger partial charge in [0.2, 0.25) is 0 Å². The van der Waals surface area contributed by atoms with Crippen LogP contribution in [0, 0.1) is 0 Å². The third-order valence-corrected chi connectivity index (χ3v) is 2.34. The molecule has 0 saturated heterocycles. The van der Waals surface area contributed by atoms with Crippen LogP contribution in [0.3, 0.4) is 0 Å². The first-order chi connectivity index (χ1) is 7.18. The largest absolute Gasteiger partial charge is 0.481 e. The topological polar surface area (TPSA) is 67.5 Å². The van der Waals surface area contributed by atoms with E-state index >= 15 is 0 Å². The zero-order valence-corrected chi connectivity index (χ0v) is 8.29. The summed E-state index contributed by atoms with van der Waals surface area (Å²) in [5.74, 6) is -0.882. The molecule has 0 fully saturated rings. The maximum atomic E-state index is 10.6. The number of aromatic nitrogens is 3. The van der Waals surface area contributed by atoms with Crippen molar-refractivity contribution >= 4 is 11.5 Å². The van der Waals surface area contributed by atoms with Crippen LogP contribution in [0.2, 0.25) is 0 Å². The van der Waals surface area contributed by atoms with Crippen molar-refractivity contribution in [3.63, 3.8) is 0 Å². The highest BCUT2D eigenvalue weighted by Crippen LogP contribution is 2.19. The molecule has 2 rings (SSSR count). The highest BCUT2D eigenvalue weighted by Gasteiger charge is 2.13. The molecule has 0 aliphatic rings. The van der Waals surface area contributed by atoms with Gasteiger partial charge in [-0.15, -0.1) is 5.10 Å². The summed E-state index contributed by atoms with van der Waals surface area (Å²) in [7, 11) is 0. The fourth-order valence-corrected chi connectivity index (χ4v) is 1.61. The van der Waals surface area contributed by atoms with E-state index in [0.29, 0.717) is 0 Å². The number of carbonyl (C=O) groups is 1. The van der Waals surface area contributed by atoms with Crippen molar-refractivity contribution in [2.45, 2.75) is 19.3 Å². The molecule has 1 atom stereocenters. The smallest absolute Gasteiger partial charge is 0.304 e. The molecule has 0 aromatic carbocycles. The number of pyridine rings is 1. The average Bonchev–Trinajstić information content (AvgIpc) is 2.63. The Morgan fingerprint density at radius 2 is 2.40 bits per heavy atom. The Bertz CT molecular complexity index is 492. The fraction of sp³-hybridized carbons (Fsp3) is 0.300. The Balaban J connectivity index is 2.42. The van der Waals surface area contributed by atoms with Gasteiger partial charge in [-0.25, -0.2) is 4.52 Å². The van der Waals surface area contributed by atoms with Crippen LogP contribution >= 0.6 is 0 Å². The summed E-state index contributed by atoms with van der Waals surface area (Å²) in [4.78, 5) is 10.6. The molecule has 0 radical (unpaired) electrons. The Kier molecular flexibility index (Phi) is 2.37. The van der Waals surface area contributed by atoms with Gasteiger partial charge in [0.1, 0.15) is 0 Å². The van der Waals surface area contributed by atoms with Crippen molar-refractivity contribution in [1.29, 1.82) is 0 Å². The minimum atomic E-state index is -0.806. The summed E-state index contributed by atoms with van der Waals surface area (Å²) >= 11 is 0. The second-order valence-corrected chi connectivity index (χ2v) is 3.52. The van der Waals surface area contributed by atoms with Crippen LogP contribution in [-0.4, -0.2) is 25.9 Å². The molecule has 5 heteroatoms. The van der Waals surface area contributed by atoms with Crippen LogP contribution in [0.1, 0.15) is 25.0 Å². The monoisotopic (exact) mass is 205 g/mol. The number of rotatable bonds is 3. The molecule has 0 aliphatic heterocycles. The lowest BCUT2D eigenvalue weighted by atomic mass is 10.0. The van der Waals surface area contributed by atoms with Gasteiger partial charge in [-0.2, -0.15) is 0 Å². The van der Waals surface area contributed by atoms with E-state index < -0.39 is 5.97 Å². The molecule has 2 aromatic heterocycles. The van der Waals surface area contributed by atoms with E-state index in [-0.39, 0.29) is 12.3 Å². The lowest BCUT2D eigenvalue weighted by molar-refractivity contribution is -0.137. The first kappa shape index (κ1) is 9.64. The first-order valence-corrected chi connectivity index (χ1v) is 4.69. The van der Waals surface area contributed by atoms with Crippen LogP contribution in [-0.2, 0) is 4.79 Å². The summed E-state index contributed by atoms with van der Waals surface area (Å²) in [6.45, 7) is 1.87. The van der Waals surface area contributed by atoms with Gasteiger partial charge in [-0.1, -0.05) is 18.2 Å². The average molecular weight is 205 g/mol. The number of nitrogens with zero attached hydrogens (tertiary/aromatic N) is 3. The van der Waals surface area contributed by atoms with Gasteiger partial charge in [0.15, 0.2) is 0 Å². The van der Waals surface area contributed by atoms with Gasteiger partial charge in [-0.05, 0) is 12.1 Å². The van der Waals surface area contributed by atoms with E-state index in [9.17, 15) is 4.79 Å². The van der Waals surface area contributed by atoms with Crippen molar-refractivity contribution in [2.24, 2.45) is 0 Å². The number of carboxylic acid groups (broad SMARTS) is 1. The molecule has 0 amide bonds. The molecule has 0 bridgehead atoms. The molecule has 0 spiro atoms. The zero-order valence-electron chi connectivity index (χ0n) is 8.29. The Morgan fingerprint density at radius 3 is 3.13 bits per heavy atom. The molecule has 2 heterocycles. The minimum absolute atomic E-state index is 0.0760. The molecule has 15 heavy (non-hydrogen) atoms. The van der Waals surface area contributed by atoms with Gasteiger partial charge in [0.25, 0.3) is 0 Å². The van der Waals surface area contributed by atoms with Gasteiger partial charge in [0.05, 0.1) is 18.1 Å². The molecule has 1 N–H and O–H groups in total. The van der Waals surface area contributed by atoms with Gasteiger partial charge in [0, 0.05) is 11.6 Å². The third-order valence-electron chi connectivity index (χ3n) is 2.34. The predicted molar refractivity (Wildman–Crippen MR) is 53.7 cm³/mol. The van der Waals surface area contributed by atoms with E-state index in [0.717, 1.165) is 11.2 Å². The highest BCUT2D eigenvalue weighted by atomic mass is 16.4. The second-order valence-electron chi connectivity index (χ2n) is 3.52. The minimum Gasteiger partial charge on any atom is -0.481 e. The van der Waals surface area contributed by atoms with Crippen LogP contribution in [0.5, 0.6) is 0 Å². The normalized spacial score (nSPS) is 12.9. The van der Waals surface area contributed by atoms with Crippen LogP contribution < -0.4 is 0 Å². The van der Waals surface area contributed by atoms with E-state index in [2.05, 4.69) is 10.3 Å². The summed E-state index contributed by atoms with van der Waals surface area (Å²) in [5.41, 5.74) is 1.75. The molecule has 2 aromatic rings. The van der Waals surface area contributed by atoms with E-state index in [1.807, 2.05) is 25.1 Å². The van der Waals surface area contributed by atoms with Gasteiger partial charge < -0.3 is 5.11 Å². The lowest BCUT2D eigenvalue weighted by Crippen LogP contribution is -2.08. The second kappa shape index (κ2) is 3.68. The number of aliphatic carboxylic acids is 1. The summed E-state index contributed by atoms with van der Waals surface area (Å²) in [6, 6.07) is 5.64. The SMILES string of the molecule is CC(CC(=O)O)c1cccc2cnnn12. The Morgan fingerprint density at radius 1 is 1.60 bits per heavy atom. The third kappa shape index (κ3) is 1.81. The summed E-state index contributed by atoms with van der Waals surface area (Å²) < 4.78 is 1.67. The van der Waals surface area contributed by atoms with E-state index in [4.69, 9.17) is 5.11 Å². The summed E-state index contributed by atoms with van der Waals surface area (Å²) in [6.07, 6.45) is 1.75.